The molecule has 156 valence electrons. The van der Waals surface area contributed by atoms with Gasteiger partial charge in [0.25, 0.3) is 0 Å². The van der Waals surface area contributed by atoms with Crippen molar-refractivity contribution in [2.75, 3.05) is 57.7 Å². The molecule has 0 saturated carbocycles. The summed E-state index contributed by atoms with van der Waals surface area (Å²) in [5.74, 6) is 0.250. The number of unbranched alkanes of at least 4 members (excludes halogenated alkanes) is 1. The van der Waals surface area contributed by atoms with Gasteiger partial charge in [-0.05, 0) is 31.4 Å². The lowest BCUT2D eigenvalue weighted by atomic mass is 10.1. The van der Waals surface area contributed by atoms with E-state index >= 15 is 0 Å². The van der Waals surface area contributed by atoms with Crippen LogP contribution >= 0.6 is 0 Å². The lowest BCUT2D eigenvalue weighted by molar-refractivity contribution is -0.133. The summed E-state index contributed by atoms with van der Waals surface area (Å²) in [6, 6.07) is 7.95. The average molecular weight is 389 g/mol. The summed E-state index contributed by atoms with van der Waals surface area (Å²) < 4.78 is 0. The molecule has 2 rings (SSSR count). The largest absolute Gasteiger partial charge is 0.342 e. The van der Waals surface area contributed by atoms with Gasteiger partial charge in [-0.15, -0.1) is 0 Å². The first kappa shape index (κ1) is 22.4. The lowest BCUT2D eigenvalue weighted by Gasteiger charge is -2.35. The Morgan fingerprint density at radius 1 is 1.00 bits per heavy atom. The highest BCUT2D eigenvalue weighted by Crippen LogP contribution is 2.15. The van der Waals surface area contributed by atoms with Crippen LogP contribution < -0.4 is 5.32 Å². The smallest absolute Gasteiger partial charge is 0.238 e. The van der Waals surface area contributed by atoms with E-state index in [1.54, 1.807) is 0 Å². The van der Waals surface area contributed by atoms with Crippen LogP contribution in [0.3, 0.4) is 0 Å². The Morgan fingerprint density at radius 2 is 1.64 bits per heavy atom. The van der Waals surface area contributed by atoms with E-state index in [2.05, 4.69) is 29.0 Å². The molecule has 1 aliphatic rings. The van der Waals surface area contributed by atoms with Crippen LogP contribution in [-0.4, -0.2) is 78.9 Å². The molecule has 2 amide bonds. The standard InChI is InChI=1S/C22H36N4O2/c1-4-7-12-26(6-3)22(28)18-25-15-13-24(14-16-25)17-21(27)23-20-11-9-8-10-19(20)5-2/h8-11H,4-7,12-18H2,1-3H3,(H,23,27). The van der Waals surface area contributed by atoms with Gasteiger partial charge in [-0.3, -0.25) is 19.4 Å². The fourth-order valence-corrected chi connectivity index (χ4v) is 3.55. The van der Waals surface area contributed by atoms with Crippen molar-refractivity contribution >= 4 is 17.5 Å². The second-order valence-electron chi connectivity index (χ2n) is 7.44. The third-order valence-corrected chi connectivity index (χ3v) is 5.38. The summed E-state index contributed by atoms with van der Waals surface area (Å²) in [5, 5.41) is 3.04. The number of likely N-dealkylation sites (N-methyl/N-ethyl adjacent to an activating group) is 1. The molecule has 0 aromatic heterocycles. The second-order valence-corrected chi connectivity index (χ2v) is 7.44. The van der Waals surface area contributed by atoms with Gasteiger partial charge in [0.15, 0.2) is 0 Å². The summed E-state index contributed by atoms with van der Waals surface area (Å²) in [4.78, 5) is 31.2. The number of nitrogens with one attached hydrogen (secondary N) is 1. The van der Waals surface area contributed by atoms with E-state index in [9.17, 15) is 9.59 Å². The van der Waals surface area contributed by atoms with Crippen LogP contribution in [0, 0.1) is 0 Å². The van der Waals surface area contributed by atoms with Gasteiger partial charge in [0.2, 0.25) is 11.8 Å². The number of amides is 2. The Labute approximate surface area is 169 Å². The van der Waals surface area contributed by atoms with Gasteiger partial charge < -0.3 is 10.2 Å². The molecule has 0 aliphatic carbocycles. The molecule has 1 aromatic carbocycles. The van der Waals surface area contributed by atoms with Crippen molar-refractivity contribution < 1.29 is 9.59 Å². The topological polar surface area (TPSA) is 55.9 Å². The van der Waals surface area contributed by atoms with Crippen LogP contribution in [0.2, 0.25) is 0 Å². The lowest BCUT2D eigenvalue weighted by Crippen LogP contribution is -2.51. The number of para-hydroxylation sites is 1. The summed E-state index contributed by atoms with van der Waals surface area (Å²) in [6.45, 7) is 12.1. The molecule has 6 nitrogen and oxygen atoms in total. The predicted octanol–water partition coefficient (Wildman–Crippen LogP) is 2.45. The van der Waals surface area contributed by atoms with Crippen LogP contribution in [0.1, 0.15) is 39.2 Å². The van der Waals surface area contributed by atoms with Gasteiger partial charge in [0.1, 0.15) is 0 Å². The number of hydrogen-bond acceptors (Lipinski definition) is 4. The summed E-state index contributed by atoms with van der Waals surface area (Å²) in [6.07, 6.45) is 3.06. The minimum Gasteiger partial charge on any atom is -0.342 e. The van der Waals surface area contributed by atoms with Crippen molar-refractivity contribution in [1.82, 2.24) is 14.7 Å². The van der Waals surface area contributed by atoms with E-state index in [1.807, 2.05) is 36.1 Å². The zero-order chi connectivity index (χ0) is 20.4. The minimum atomic E-state index is 0.0298. The first-order valence-corrected chi connectivity index (χ1v) is 10.7. The van der Waals surface area contributed by atoms with Crippen LogP contribution in [0.5, 0.6) is 0 Å². The van der Waals surface area contributed by atoms with Crippen molar-refractivity contribution in [1.29, 1.82) is 0 Å². The van der Waals surface area contributed by atoms with E-state index in [0.717, 1.165) is 69.8 Å². The SMILES string of the molecule is CCCCN(CC)C(=O)CN1CCN(CC(=O)Nc2ccccc2CC)CC1. The minimum absolute atomic E-state index is 0.0298. The van der Waals surface area contributed by atoms with Crippen molar-refractivity contribution in [3.8, 4) is 0 Å². The molecule has 1 heterocycles. The Hall–Kier alpha value is -1.92. The molecule has 0 spiro atoms. The van der Waals surface area contributed by atoms with Crippen molar-refractivity contribution in [2.24, 2.45) is 0 Å². The molecule has 1 fully saturated rings. The maximum absolute atomic E-state index is 12.5. The number of nitrogens with zero attached hydrogens (tertiary/aromatic N) is 3. The number of aryl methyl sites for hydroxylation is 1. The van der Waals surface area contributed by atoms with Crippen molar-refractivity contribution in [2.45, 2.75) is 40.0 Å². The zero-order valence-corrected chi connectivity index (χ0v) is 17.7. The zero-order valence-electron chi connectivity index (χ0n) is 17.7. The van der Waals surface area contributed by atoms with Crippen LogP contribution in [0.4, 0.5) is 5.69 Å². The number of anilines is 1. The van der Waals surface area contributed by atoms with Crippen LogP contribution in [0.15, 0.2) is 24.3 Å². The van der Waals surface area contributed by atoms with Gasteiger partial charge in [-0.2, -0.15) is 0 Å². The first-order valence-electron chi connectivity index (χ1n) is 10.7. The maximum Gasteiger partial charge on any atom is 0.238 e. The normalized spacial score (nSPS) is 15.4. The van der Waals surface area contributed by atoms with Gasteiger partial charge in [0.05, 0.1) is 13.1 Å². The van der Waals surface area contributed by atoms with E-state index in [0.29, 0.717) is 13.1 Å². The van der Waals surface area contributed by atoms with Gasteiger partial charge >= 0.3 is 0 Å². The molecule has 6 heteroatoms. The monoisotopic (exact) mass is 388 g/mol. The highest BCUT2D eigenvalue weighted by molar-refractivity contribution is 5.93. The highest BCUT2D eigenvalue weighted by Gasteiger charge is 2.22. The molecule has 0 radical (unpaired) electrons. The number of carbonyl (C=O) groups excluding carboxylic acids is 2. The van der Waals surface area contributed by atoms with Crippen LogP contribution in [-0.2, 0) is 16.0 Å². The van der Waals surface area contributed by atoms with E-state index in [1.165, 1.54) is 0 Å². The number of rotatable bonds is 10. The summed E-state index contributed by atoms with van der Waals surface area (Å²) in [5.41, 5.74) is 2.06. The summed E-state index contributed by atoms with van der Waals surface area (Å²) in [7, 11) is 0. The van der Waals surface area contributed by atoms with Crippen molar-refractivity contribution in [3.63, 3.8) is 0 Å². The third-order valence-electron chi connectivity index (χ3n) is 5.38. The van der Waals surface area contributed by atoms with Gasteiger partial charge in [-0.1, -0.05) is 38.5 Å². The Kier molecular flexibility index (Phi) is 9.44. The fourth-order valence-electron chi connectivity index (χ4n) is 3.55. The third kappa shape index (κ3) is 6.91. The summed E-state index contributed by atoms with van der Waals surface area (Å²) >= 11 is 0. The average Bonchev–Trinajstić information content (AvgIpc) is 2.70. The number of benzene rings is 1. The quantitative estimate of drug-likeness (QED) is 0.669. The molecular weight excluding hydrogens is 352 g/mol. The number of carbonyl (C=O) groups is 2. The fraction of sp³-hybridized carbons (Fsp3) is 0.636. The molecular formula is C22H36N4O2. The number of hydrogen-bond donors (Lipinski definition) is 1. The first-order chi connectivity index (χ1) is 13.6. The molecule has 0 bridgehead atoms. The van der Waals surface area contributed by atoms with Gasteiger partial charge in [-0.25, -0.2) is 0 Å². The molecule has 1 N–H and O–H groups in total. The molecule has 0 unspecified atom stereocenters. The molecule has 1 aliphatic heterocycles. The molecule has 1 saturated heterocycles. The Bertz CT molecular complexity index is 627. The maximum atomic E-state index is 12.5. The predicted molar refractivity (Wildman–Crippen MR) is 114 cm³/mol. The molecule has 0 atom stereocenters. The van der Waals surface area contributed by atoms with E-state index in [4.69, 9.17) is 0 Å². The molecule has 28 heavy (non-hydrogen) atoms. The number of piperazine rings is 1. The Balaban J connectivity index is 1.74. The van der Waals surface area contributed by atoms with Crippen molar-refractivity contribution in [3.05, 3.63) is 29.8 Å². The second kappa shape index (κ2) is 11.8. The van der Waals surface area contributed by atoms with Crippen LogP contribution in [0.25, 0.3) is 0 Å². The highest BCUT2D eigenvalue weighted by atomic mass is 16.2. The van der Waals surface area contributed by atoms with E-state index in [-0.39, 0.29) is 11.8 Å². The molecule has 1 aromatic rings. The Morgan fingerprint density at radius 3 is 2.25 bits per heavy atom. The van der Waals surface area contributed by atoms with Gasteiger partial charge in [0, 0.05) is 45.0 Å². The van der Waals surface area contributed by atoms with E-state index < -0.39 is 0 Å².